The number of nitrogens with one attached hydrogen (secondary N) is 1. The van der Waals surface area contributed by atoms with Crippen molar-refractivity contribution in [3.05, 3.63) is 76.8 Å². The molecule has 0 aliphatic heterocycles. The SMILES string of the molecule is CN(Cc1ccco1)C(=O)c1nn(C)c2c1C[C@@H](NCCc1ccccc1F)CC2. The number of carbonyl (C=O) groups excluding carboxylic acids is 1. The molecule has 0 fully saturated rings. The molecule has 158 valence electrons. The number of nitrogens with zero attached hydrogens (tertiary/aromatic N) is 3. The minimum absolute atomic E-state index is 0.102. The van der Waals surface area contributed by atoms with Gasteiger partial charge in [-0.1, -0.05) is 18.2 Å². The van der Waals surface area contributed by atoms with E-state index in [-0.39, 0.29) is 17.8 Å². The highest BCUT2D eigenvalue weighted by atomic mass is 19.1. The van der Waals surface area contributed by atoms with Gasteiger partial charge in [0.25, 0.3) is 5.91 Å². The number of carbonyl (C=O) groups is 1. The van der Waals surface area contributed by atoms with Crippen molar-refractivity contribution >= 4 is 5.91 Å². The molecule has 0 saturated heterocycles. The van der Waals surface area contributed by atoms with Gasteiger partial charge in [-0.2, -0.15) is 5.10 Å². The fourth-order valence-electron chi connectivity index (χ4n) is 4.14. The Morgan fingerprint density at radius 3 is 2.93 bits per heavy atom. The van der Waals surface area contributed by atoms with E-state index in [0.717, 1.165) is 41.8 Å². The summed E-state index contributed by atoms with van der Waals surface area (Å²) in [5.74, 6) is 0.476. The highest BCUT2D eigenvalue weighted by molar-refractivity contribution is 5.94. The molecule has 1 aliphatic rings. The van der Waals surface area contributed by atoms with Gasteiger partial charge in [0.1, 0.15) is 11.6 Å². The molecule has 30 heavy (non-hydrogen) atoms. The zero-order valence-electron chi connectivity index (χ0n) is 17.4. The maximum absolute atomic E-state index is 13.8. The topological polar surface area (TPSA) is 63.3 Å². The molecular formula is C23H27FN4O2. The van der Waals surface area contributed by atoms with E-state index in [2.05, 4.69) is 10.4 Å². The molecule has 1 N–H and O–H groups in total. The summed E-state index contributed by atoms with van der Waals surface area (Å²) in [6, 6.07) is 10.8. The van der Waals surface area contributed by atoms with Gasteiger partial charge in [0.05, 0.1) is 12.8 Å². The Morgan fingerprint density at radius 1 is 1.33 bits per heavy atom. The molecule has 2 heterocycles. The number of fused-ring (bicyclic) bond motifs is 1. The highest BCUT2D eigenvalue weighted by Gasteiger charge is 2.29. The number of halogens is 1. The minimum atomic E-state index is -0.162. The smallest absolute Gasteiger partial charge is 0.274 e. The Labute approximate surface area is 175 Å². The molecule has 1 atom stereocenters. The maximum Gasteiger partial charge on any atom is 0.274 e. The molecule has 3 aromatic rings. The second-order valence-electron chi connectivity index (χ2n) is 7.87. The average molecular weight is 410 g/mol. The average Bonchev–Trinajstić information content (AvgIpc) is 3.36. The molecule has 0 radical (unpaired) electrons. The van der Waals surface area contributed by atoms with Crippen LogP contribution in [0.15, 0.2) is 47.1 Å². The van der Waals surface area contributed by atoms with Gasteiger partial charge in [-0.05, 0) is 56.0 Å². The molecular weight excluding hydrogens is 383 g/mol. The standard InChI is InChI=1S/C23H27FN4O2/c1-27(15-18-7-5-13-30-18)23(29)22-19-14-17(9-10-21(19)28(2)26-22)25-12-11-16-6-3-4-8-20(16)24/h3-8,13,17,25H,9-12,14-15H2,1-2H3/t17-/m0/s1. The fourth-order valence-corrected chi connectivity index (χ4v) is 4.14. The quantitative estimate of drug-likeness (QED) is 0.650. The molecule has 0 saturated carbocycles. The van der Waals surface area contributed by atoms with Crippen LogP contribution in [0.1, 0.15) is 39.5 Å². The van der Waals surface area contributed by atoms with Crippen LogP contribution in [0.25, 0.3) is 0 Å². The van der Waals surface area contributed by atoms with Gasteiger partial charge in [-0.25, -0.2) is 4.39 Å². The summed E-state index contributed by atoms with van der Waals surface area (Å²) in [5.41, 5.74) is 3.38. The third kappa shape index (κ3) is 4.31. The first kappa shape index (κ1) is 20.3. The lowest BCUT2D eigenvalue weighted by atomic mass is 9.91. The van der Waals surface area contributed by atoms with Gasteiger partial charge in [0, 0.05) is 31.4 Å². The summed E-state index contributed by atoms with van der Waals surface area (Å²) in [7, 11) is 3.66. The number of hydrogen-bond acceptors (Lipinski definition) is 4. The molecule has 0 bridgehead atoms. The molecule has 1 aliphatic carbocycles. The number of amides is 1. The molecule has 1 amide bonds. The van der Waals surface area contributed by atoms with Gasteiger partial charge in [-0.3, -0.25) is 9.48 Å². The molecule has 4 rings (SSSR count). The van der Waals surface area contributed by atoms with Gasteiger partial charge < -0.3 is 14.6 Å². The largest absolute Gasteiger partial charge is 0.467 e. The van der Waals surface area contributed by atoms with Gasteiger partial charge in [0.2, 0.25) is 0 Å². The molecule has 7 heteroatoms. The molecule has 0 unspecified atom stereocenters. The number of benzene rings is 1. The first-order valence-corrected chi connectivity index (χ1v) is 10.3. The molecule has 6 nitrogen and oxygen atoms in total. The second-order valence-corrected chi connectivity index (χ2v) is 7.87. The van der Waals surface area contributed by atoms with E-state index in [1.54, 1.807) is 24.3 Å². The van der Waals surface area contributed by atoms with Crippen LogP contribution in [-0.4, -0.2) is 40.2 Å². The van der Waals surface area contributed by atoms with Crippen molar-refractivity contribution in [2.45, 2.75) is 38.3 Å². The Hall–Kier alpha value is -2.93. The first-order chi connectivity index (χ1) is 14.5. The zero-order valence-corrected chi connectivity index (χ0v) is 17.4. The van der Waals surface area contributed by atoms with Crippen LogP contribution in [0.5, 0.6) is 0 Å². The van der Waals surface area contributed by atoms with E-state index in [9.17, 15) is 9.18 Å². The summed E-state index contributed by atoms with van der Waals surface area (Å²) in [6.45, 7) is 1.10. The minimum Gasteiger partial charge on any atom is -0.467 e. The van der Waals surface area contributed by atoms with Crippen molar-refractivity contribution in [2.75, 3.05) is 13.6 Å². The van der Waals surface area contributed by atoms with Crippen LogP contribution < -0.4 is 5.32 Å². The van der Waals surface area contributed by atoms with Crippen LogP contribution in [0.4, 0.5) is 4.39 Å². The summed E-state index contributed by atoms with van der Waals surface area (Å²) in [4.78, 5) is 14.7. The predicted molar refractivity (Wildman–Crippen MR) is 112 cm³/mol. The zero-order chi connectivity index (χ0) is 21.1. The summed E-state index contributed by atoms with van der Waals surface area (Å²) >= 11 is 0. The van der Waals surface area contributed by atoms with Gasteiger partial charge in [0.15, 0.2) is 5.69 Å². The highest BCUT2D eigenvalue weighted by Crippen LogP contribution is 2.25. The molecule has 0 spiro atoms. The number of hydrogen-bond donors (Lipinski definition) is 1. The van der Waals surface area contributed by atoms with Crippen molar-refractivity contribution in [3.63, 3.8) is 0 Å². The van der Waals surface area contributed by atoms with Crippen LogP contribution in [-0.2, 0) is 32.9 Å². The van der Waals surface area contributed by atoms with E-state index in [4.69, 9.17) is 4.42 Å². The second kappa shape index (κ2) is 8.83. The lowest BCUT2D eigenvalue weighted by Gasteiger charge is -2.25. The Morgan fingerprint density at radius 2 is 2.17 bits per heavy atom. The predicted octanol–water partition coefficient (Wildman–Crippen LogP) is 3.11. The van der Waals surface area contributed by atoms with Crippen molar-refractivity contribution in [3.8, 4) is 0 Å². The van der Waals surface area contributed by atoms with Crippen LogP contribution >= 0.6 is 0 Å². The van der Waals surface area contributed by atoms with E-state index < -0.39 is 0 Å². The van der Waals surface area contributed by atoms with Gasteiger partial charge in [-0.15, -0.1) is 0 Å². The van der Waals surface area contributed by atoms with E-state index in [1.165, 1.54) is 6.07 Å². The lowest BCUT2D eigenvalue weighted by Crippen LogP contribution is -2.37. The van der Waals surface area contributed by atoms with Crippen LogP contribution in [0, 0.1) is 5.82 Å². The maximum atomic E-state index is 13.8. The van der Waals surface area contributed by atoms with Crippen molar-refractivity contribution < 1.29 is 13.6 Å². The van der Waals surface area contributed by atoms with E-state index in [0.29, 0.717) is 25.2 Å². The van der Waals surface area contributed by atoms with E-state index >= 15 is 0 Å². The number of furan rings is 1. The molecule has 1 aromatic carbocycles. The normalized spacial score (nSPS) is 15.8. The van der Waals surface area contributed by atoms with E-state index in [1.807, 2.05) is 36.0 Å². The Bertz CT molecular complexity index is 1010. The number of aryl methyl sites for hydroxylation is 1. The van der Waals surface area contributed by atoms with Crippen molar-refractivity contribution in [2.24, 2.45) is 7.05 Å². The summed E-state index contributed by atoms with van der Waals surface area (Å²) in [5, 5.41) is 8.07. The van der Waals surface area contributed by atoms with Crippen molar-refractivity contribution in [1.82, 2.24) is 20.0 Å². The monoisotopic (exact) mass is 410 g/mol. The third-order valence-electron chi connectivity index (χ3n) is 5.76. The fraction of sp³-hybridized carbons (Fsp3) is 0.391. The Kier molecular flexibility index (Phi) is 5.99. The lowest BCUT2D eigenvalue weighted by molar-refractivity contribution is 0.0767. The van der Waals surface area contributed by atoms with Crippen LogP contribution in [0.2, 0.25) is 0 Å². The number of aromatic nitrogens is 2. The summed E-state index contributed by atoms with van der Waals surface area (Å²) in [6.07, 6.45) is 4.83. The Balaban J connectivity index is 1.41. The summed E-state index contributed by atoms with van der Waals surface area (Å²) < 4.78 is 21.0. The van der Waals surface area contributed by atoms with Crippen molar-refractivity contribution in [1.29, 1.82) is 0 Å². The third-order valence-corrected chi connectivity index (χ3v) is 5.76. The number of rotatable bonds is 7. The first-order valence-electron chi connectivity index (χ1n) is 10.3. The van der Waals surface area contributed by atoms with Gasteiger partial charge >= 0.3 is 0 Å². The van der Waals surface area contributed by atoms with Crippen LogP contribution in [0.3, 0.4) is 0 Å². The molecule has 2 aromatic heterocycles.